The Morgan fingerprint density at radius 2 is 2.40 bits per heavy atom. The highest BCUT2D eigenvalue weighted by Crippen LogP contribution is 2.32. The Balaban J connectivity index is 2.16. The van der Waals surface area contributed by atoms with E-state index in [1.54, 1.807) is 0 Å². The molecule has 2 heterocycles. The fraction of sp³-hybridized carbons (Fsp3) is 0.467. The number of halogens is 1. The summed E-state index contributed by atoms with van der Waals surface area (Å²) >= 11 is 7.92. The summed E-state index contributed by atoms with van der Waals surface area (Å²) in [6.45, 7) is 0. The van der Waals surface area contributed by atoms with Gasteiger partial charge in [-0.15, -0.1) is 11.6 Å². The molecule has 1 aromatic heterocycles. The lowest BCUT2D eigenvalue weighted by molar-refractivity contribution is 0.495. The average molecular weight is 306 g/mol. The Labute approximate surface area is 127 Å². The van der Waals surface area contributed by atoms with Gasteiger partial charge in [0.25, 0.3) is 0 Å². The molecular formula is C15H16ClN3S. The van der Waals surface area contributed by atoms with Crippen LogP contribution < -0.4 is 0 Å². The van der Waals surface area contributed by atoms with Gasteiger partial charge in [-0.05, 0) is 30.7 Å². The molecule has 0 amide bonds. The molecular weight excluding hydrogens is 290 g/mol. The van der Waals surface area contributed by atoms with Gasteiger partial charge in [0.1, 0.15) is 17.4 Å². The monoisotopic (exact) mass is 305 g/mol. The van der Waals surface area contributed by atoms with Crippen molar-refractivity contribution in [3.05, 3.63) is 29.6 Å². The highest BCUT2D eigenvalue weighted by Gasteiger charge is 2.22. The largest absolute Gasteiger partial charge is 0.324 e. The minimum Gasteiger partial charge on any atom is -0.324 e. The lowest BCUT2D eigenvalue weighted by atomic mass is 10.1. The van der Waals surface area contributed by atoms with E-state index in [1.807, 2.05) is 23.9 Å². The Bertz CT molecular complexity index is 653. The van der Waals surface area contributed by atoms with E-state index in [9.17, 15) is 5.26 Å². The standard InChI is InChI=1S/C15H16ClN3S/c16-7-6-14-18-15-11(9-17)3-1-5-13(15)19(14)12-4-2-8-20-10-12/h1,3,5,12H,2,4,6-8,10H2. The van der Waals surface area contributed by atoms with Gasteiger partial charge in [0, 0.05) is 24.1 Å². The molecule has 1 atom stereocenters. The van der Waals surface area contributed by atoms with Gasteiger partial charge >= 0.3 is 0 Å². The number of para-hydroxylation sites is 1. The van der Waals surface area contributed by atoms with Gasteiger partial charge in [-0.2, -0.15) is 17.0 Å². The van der Waals surface area contributed by atoms with Crippen LogP contribution in [0.5, 0.6) is 0 Å². The summed E-state index contributed by atoms with van der Waals surface area (Å²) in [7, 11) is 0. The molecule has 5 heteroatoms. The number of thioether (sulfide) groups is 1. The van der Waals surface area contributed by atoms with Crippen molar-refractivity contribution < 1.29 is 0 Å². The zero-order valence-corrected chi connectivity index (χ0v) is 12.8. The van der Waals surface area contributed by atoms with E-state index >= 15 is 0 Å². The van der Waals surface area contributed by atoms with Crippen molar-refractivity contribution in [2.24, 2.45) is 0 Å². The molecule has 2 aromatic rings. The van der Waals surface area contributed by atoms with Crippen molar-refractivity contribution in [2.45, 2.75) is 25.3 Å². The second-order valence-electron chi connectivity index (χ2n) is 4.99. The molecule has 0 aliphatic carbocycles. The third-order valence-electron chi connectivity index (χ3n) is 3.73. The van der Waals surface area contributed by atoms with E-state index in [0.29, 0.717) is 17.5 Å². The van der Waals surface area contributed by atoms with Crippen LogP contribution in [-0.4, -0.2) is 26.9 Å². The van der Waals surface area contributed by atoms with Gasteiger partial charge in [-0.3, -0.25) is 0 Å². The number of hydrogen-bond acceptors (Lipinski definition) is 3. The topological polar surface area (TPSA) is 41.6 Å². The number of aromatic nitrogens is 2. The molecule has 3 nitrogen and oxygen atoms in total. The number of nitrogens with zero attached hydrogens (tertiary/aromatic N) is 3. The van der Waals surface area contributed by atoms with Crippen LogP contribution in [0.2, 0.25) is 0 Å². The van der Waals surface area contributed by atoms with Crippen LogP contribution in [0.25, 0.3) is 11.0 Å². The molecule has 0 radical (unpaired) electrons. The maximum atomic E-state index is 9.25. The summed E-state index contributed by atoms with van der Waals surface area (Å²) in [6.07, 6.45) is 3.18. The highest BCUT2D eigenvalue weighted by molar-refractivity contribution is 7.99. The molecule has 3 rings (SSSR count). The molecule has 1 aliphatic heterocycles. The maximum Gasteiger partial charge on any atom is 0.111 e. The number of alkyl halides is 1. The SMILES string of the molecule is N#Cc1cccc2c1nc(CCCl)n2C1CCCSC1. The molecule has 20 heavy (non-hydrogen) atoms. The average Bonchev–Trinajstić information content (AvgIpc) is 2.86. The van der Waals surface area contributed by atoms with Gasteiger partial charge in [0.2, 0.25) is 0 Å². The van der Waals surface area contributed by atoms with Crippen LogP contribution in [-0.2, 0) is 6.42 Å². The quantitative estimate of drug-likeness (QED) is 0.811. The van der Waals surface area contributed by atoms with E-state index in [-0.39, 0.29) is 0 Å². The summed E-state index contributed by atoms with van der Waals surface area (Å²) < 4.78 is 2.32. The van der Waals surface area contributed by atoms with Gasteiger partial charge in [-0.25, -0.2) is 4.98 Å². The zero-order valence-electron chi connectivity index (χ0n) is 11.2. The van der Waals surface area contributed by atoms with Crippen molar-refractivity contribution in [1.82, 2.24) is 9.55 Å². The lowest BCUT2D eigenvalue weighted by Gasteiger charge is -2.25. The van der Waals surface area contributed by atoms with E-state index in [0.717, 1.165) is 29.0 Å². The number of rotatable bonds is 3. The first-order valence-corrected chi connectivity index (χ1v) is 8.57. The van der Waals surface area contributed by atoms with E-state index in [2.05, 4.69) is 16.7 Å². The first-order chi connectivity index (χ1) is 9.85. The van der Waals surface area contributed by atoms with Crippen LogP contribution in [0, 0.1) is 11.3 Å². The Morgan fingerprint density at radius 3 is 3.10 bits per heavy atom. The van der Waals surface area contributed by atoms with Gasteiger partial charge in [0.15, 0.2) is 0 Å². The Hall–Kier alpha value is -1.18. The molecule has 1 saturated heterocycles. The van der Waals surface area contributed by atoms with Gasteiger partial charge in [0.05, 0.1) is 11.1 Å². The number of aryl methyl sites for hydroxylation is 1. The molecule has 1 unspecified atom stereocenters. The van der Waals surface area contributed by atoms with Gasteiger partial charge < -0.3 is 4.57 Å². The zero-order chi connectivity index (χ0) is 13.9. The number of hydrogen-bond donors (Lipinski definition) is 0. The van der Waals surface area contributed by atoms with Crippen molar-refractivity contribution in [3.8, 4) is 6.07 Å². The number of imidazole rings is 1. The van der Waals surface area contributed by atoms with Crippen molar-refractivity contribution >= 4 is 34.4 Å². The Morgan fingerprint density at radius 1 is 1.50 bits per heavy atom. The van der Waals surface area contributed by atoms with Crippen LogP contribution in [0.15, 0.2) is 18.2 Å². The molecule has 1 aliphatic rings. The minimum absolute atomic E-state index is 0.478. The second-order valence-corrected chi connectivity index (χ2v) is 6.52. The fourth-order valence-corrected chi connectivity index (χ4v) is 4.15. The van der Waals surface area contributed by atoms with Crippen LogP contribution in [0.1, 0.15) is 30.3 Å². The molecule has 0 N–H and O–H groups in total. The summed E-state index contributed by atoms with van der Waals surface area (Å²) in [5.41, 5.74) is 2.56. The van der Waals surface area contributed by atoms with Crippen LogP contribution >= 0.6 is 23.4 Å². The lowest BCUT2D eigenvalue weighted by Crippen LogP contribution is -2.18. The summed E-state index contributed by atoms with van der Waals surface area (Å²) in [5, 5.41) is 9.25. The predicted octanol–water partition coefficient (Wildman–Crippen LogP) is 3.76. The highest BCUT2D eigenvalue weighted by atomic mass is 35.5. The van der Waals surface area contributed by atoms with Crippen molar-refractivity contribution in [3.63, 3.8) is 0 Å². The smallest absolute Gasteiger partial charge is 0.111 e. The molecule has 0 spiro atoms. The minimum atomic E-state index is 0.478. The van der Waals surface area contributed by atoms with Gasteiger partial charge in [-0.1, -0.05) is 6.07 Å². The second kappa shape index (κ2) is 6.07. The molecule has 0 saturated carbocycles. The molecule has 1 fully saturated rings. The van der Waals surface area contributed by atoms with Crippen LogP contribution in [0.4, 0.5) is 0 Å². The predicted molar refractivity (Wildman–Crippen MR) is 84.5 cm³/mol. The number of nitriles is 1. The third kappa shape index (κ3) is 2.41. The number of benzene rings is 1. The summed E-state index contributed by atoms with van der Waals surface area (Å²) in [4.78, 5) is 4.70. The normalized spacial score (nSPS) is 19.1. The first-order valence-electron chi connectivity index (χ1n) is 6.88. The maximum absolute atomic E-state index is 9.25. The Kier molecular flexibility index (Phi) is 4.18. The van der Waals surface area contributed by atoms with E-state index in [4.69, 9.17) is 16.6 Å². The van der Waals surface area contributed by atoms with E-state index < -0.39 is 0 Å². The van der Waals surface area contributed by atoms with E-state index in [1.165, 1.54) is 18.6 Å². The molecule has 104 valence electrons. The number of fused-ring (bicyclic) bond motifs is 1. The summed E-state index contributed by atoms with van der Waals surface area (Å²) in [5.74, 6) is 3.95. The fourth-order valence-electron chi connectivity index (χ4n) is 2.85. The first kappa shape index (κ1) is 13.8. The van der Waals surface area contributed by atoms with Crippen molar-refractivity contribution in [1.29, 1.82) is 5.26 Å². The van der Waals surface area contributed by atoms with Crippen LogP contribution in [0.3, 0.4) is 0 Å². The summed E-state index contributed by atoms with van der Waals surface area (Å²) in [6, 6.07) is 8.57. The van der Waals surface area contributed by atoms with Crippen molar-refractivity contribution in [2.75, 3.05) is 17.4 Å². The molecule has 1 aromatic carbocycles. The molecule has 0 bridgehead atoms. The third-order valence-corrected chi connectivity index (χ3v) is 5.12.